The summed E-state index contributed by atoms with van der Waals surface area (Å²) >= 11 is 0. The topological polar surface area (TPSA) is 71.8 Å². The smallest absolute Gasteiger partial charge is 0.247 e. The van der Waals surface area contributed by atoms with Gasteiger partial charge in [-0.1, -0.05) is 42.4 Å². The second-order valence-electron chi connectivity index (χ2n) is 4.77. The van der Waals surface area contributed by atoms with Gasteiger partial charge in [-0.2, -0.15) is 4.98 Å². The van der Waals surface area contributed by atoms with Crippen molar-refractivity contribution in [3.63, 3.8) is 0 Å². The van der Waals surface area contributed by atoms with Crippen LogP contribution in [0.15, 0.2) is 58.0 Å². The molecule has 0 fully saturated rings. The fourth-order valence-corrected chi connectivity index (χ4v) is 2.28. The zero-order valence-electron chi connectivity index (χ0n) is 11.6. The Kier molecular flexibility index (Phi) is 3.64. The van der Waals surface area contributed by atoms with E-state index in [1.165, 1.54) is 6.07 Å². The maximum atomic E-state index is 11.1. The SMILES string of the molecule is CCC(c1ccccc1)c1nc(-c2ccc(=O)[nH]c2)no1. The lowest BCUT2D eigenvalue weighted by molar-refractivity contribution is 0.363. The molecule has 0 saturated carbocycles. The molecule has 3 rings (SSSR count). The Bertz CT molecular complexity index is 757. The van der Waals surface area contributed by atoms with Gasteiger partial charge in [-0.05, 0) is 18.1 Å². The third-order valence-corrected chi connectivity index (χ3v) is 3.39. The van der Waals surface area contributed by atoms with Gasteiger partial charge in [0.2, 0.25) is 17.3 Å². The molecule has 1 unspecified atom stereocenters. The van der Waals surface area contributed by atoms with Crippen molar-refractivity contribution >= 4 is 0 Å². The lowest BCUT2D eigenvalue weighted by atomic mass is 9.96. The third kappa shape index (κ3) is 2.76. The average molecular weight is 281 g/mol. The van der Waals surface area contributed by atoms with Crippen LogP contribution in [0, 0.1) is 0 Å². The van der Waals surface area contributed by atoms with Crippen LogP contribution in [-0.4, -0.2) is 15.1 Å². The number of benzene rings is 1. The molecule has 106 valence electrons. The number of pyridine rings is 1. The van der Waals surface area contributed by atoms with Crippen molar-refractivity contribution in [1.29, 1.82) is 0 Å². The molecule has 1 N–H and O–H groups in total. The van der Waals surface area contributed by atoms with E-state index in [2.05, 4.69) is 34.2 Å². The summed E-state index contributed by atoms with van der Waals surface area (Å²) in [7, 11) is 0. The van der Waals surface area contributed by atoms with Crippen molar-refractivity contribution in [3.8, 4) is 11.4 Å². The third-order valence-electron chi connectivity index (χ3n) is 3.39. The van der Waals surface area contributed by atoms with Crippen LogP contribution in [0.2, 0.25) is 0 Å². The van der Waals surface area contributed by atoms with Crippen molar-refractivity contribution in [3.05, 3.63) is 70.5 Å². The lowest BCUT2D eigenvalue weighted by Gasteiger charge is -2.09. The van der Waals surface area contributed by atoms with Crippen molar-refractivity contribution in [2.75, 3.05) is 0 Å². The Balaban J connectivity index is 1.93. The number of hydrogen-bond acceptors (Lipinski definition) is 4. The van der Waals surface area contributed by atoms with E-state index in [1.807, 2.05) is 18.2 Å². The van der Waals surface area contributed by atoms with Crippen LogP contribution >= 0.6 is 0 Å². The summed E-state index contributed by atoms with van der Waals surface area (Å²) in [5, 5.41) is 4.00. The molecule has 21 heavy (non-hydrogen) atoms. The Morgan fingerprint density at radius 1 is 1.19 bits per heavy atom. The van der Waals surface area contributed by atoms with Crippen LogP contribution in [0.4, 0.5) is 0 Å². The first-order chi connectivity index (χ1) is 10.3. The monoisotopic (exact) mass is 281 g/mol. The van der Waals surface area contributed by atoms with Gasteiger partial charge in [-0.3, -0.25) is 4.79 Å². The first-order valence-electron chi connectivity index (χ1n) is 6.85. The molecule has 0 spiro atoms. The van der Waals surface area contributed by atoms with Gasteiger partial charge in [0, 0.05) is 17.8 Å². The molecule has 2 heterocycles. The Labute approximate surface area is 121 Å². The minimum Gasteiger partial charge on any atom is -0.338 e. The van der Waals surface area contributed by atoms with E-state index in [4.69, 9.17) is 4.52 Å². The Morgan fingerprint density at radius 3 is 2.67 bits per heavy atom. The van der Waals surface area contributed by atoms with E-state index in [0.29, 0.717) is 11.7 Å². The van der Waals surface area contributed by atoms with Gasteiger partial charge >= 0.3 is 0 Å². The number of rotatable bonds is 4. The van der Waals surface area contributed by atoms with Crippen molar-refractivity contribution in [1.82, 2.24) is 15.1 Å². The fourth-order valence-electron chi connectivity index (χ4n) is 2.28. The number of nitrogens with one attached hydrogen (secondary N) is 1. The summed E-state index contributed by atoms with van der Waals surface area (Å²) in [6.45, 7) is 2.08. The first kappa shape index (κ1) is 13.3. The highest BCUT2D eigenvalue weighted by molar-refractivity contribution is 5.52. The van der Waals surface area contributed by atoms with Gasteiger partial charge in [-0.15, -0.1) is 0 Å². The zero-order valence-corrected chi connectivity index (χ0v) is 11.6. The van der Waals surface area contributed by atoms with Crippen LogP contribution in [0.5, 0.6) is 0 Å². The Hall–Kier alpha value is -2.69. The molecular weight excluding hydrogens is 266 g/mol. The maximum absolute atomic E-state index is 11.1. The predicted molar refractivity (Wildman–Crippen MR) is 78.9 cm³/mol. The zero-order chi connectivity index (χ0) is 14.7. The quantitative estimate of drug-likeness (QED) is 0.798. The minimum atomic E-state index is -0.154. The van der Waals surface area contributed by atoms with E-state index < -0.39 is 0 Å². The molecule has 5 nitrogen and oxygen atoms in total. The molecule has 5 heteroatoms. The van der Waals surface area contributed by atoms with E-state index in [-0.39, 0.29) is 11.5 Å². The molecule has 1 aromatic carbocycles. The van der Waals surface area contributed by atoms with E-state index >= 15 is 0 Å². The van der Waals surface area contributed by atoms with Gasteiger partial charge in [0.15, 0.2) is 0 Å². The summed E-state index contributed by atoms with van der Waals surface area (Å²) < 4.78 is 5.40. The number of aromatic amines is 1. The summed E-state index contributed by atoms with van der Waals surface area (Å²) in [5.74, 6) is 1.15. The standard InChI is InChI=1S/C16H15N3O2/c1-2-13(11-6-4-3-5-7-11)16-18-15(19-21-16)12-8-9-14(20)17-10-12/h3-10,13H,2H2,1H3,(H,17,20). The van der Waals surface area contributed by atoms with Gasteiger partial charge in [0.05, 0.1) is 5.92 Å². The molecule has 0 aliphatic rings. The van der Waals surface area contributed by atoms with Crippen molar-refractivity contribution < 1.29 is 4.52 Å². The molecule has 3 aromatic rings. The molecule has 2 aromatic heterocycles. The predicted octanol–water partition coefficient (Wildman–Crippen LogP) is 2.97. The molecule has 0 bridgehead atoms. The normalized spacial score (nSPS) is 12.2. The first-order valence-corrected chi connectivity index (χ1v) is 6.85. The molecule has 0 radical (unpaired) electrons. The van der Waals surface area contributed by atoms with Gasteiger partial charge < -0.3 is 9.51 Å². The molecule has 0 aliphatic carbocycles. The summed E-state index contributed by atoms with van der Waals surface area (Å²) in [4.78, 5) is 18.1. The van der Waals surface area contributed by atoms with Gasteiger partial charge in [0.25, 0.3) is 0 Å². The maximum Gasteiger partial charge on any atom is 0.247 e. The highest BCUT2D eigenvalue weighted by atomic mass is 16.5. The highest BCUT2D eigenvalue weighted by Crippen LogP contribution is 2.27. The second-order valence-corrected chi connectivity index (χ2v) is 4.77. The van der Waals surface area contributed by atoms with Gasteiger partial charge in [0.1, 0.15) is 0 Å². The van der Waals surface area contributed by atoms with Crippen LogP contribution in [0.1, 0.15) is 30.7 Å². The molecule has 1 atom stereocenters. The van der Waals surface area contributed by atoms with Crippen LogP contribution in [0.25, 0.3) is 11.4 Å². The Morgan fingerprint density at radius 2 is 2.00 bits per heavy atom. The largest absolute Gasteiger partial charge is 0.338 e. The number of hydrogen-bond donors (Lipinski definition) is 1. The number of aromatic nitrogens is 3. The van der Waals surface area contributed by atoms with E-state index in [1.54, 1.807) is 12.3 Å². The number of nitrogens with zero attached hydrogens (tertiary/aromatic N) is 2. The summed E-state index contributed by atoms with van der Waals surface area (Å²) in [6, 6.07) is 13.2. The van der Waals surface area contributed by atoms with E-state index in [9.17, 15) is 4.79 Å². The molecule has 0 saturated heterocycles. The summed E-state index contributed by atoms with van der Waals surface area (Å²) in [5.41, 5.74) is 1.72. The highest BCUT2D eigenvalue weighted by Gasteiger charge is 2.19. The lowest BCUT2D eigenvalue weighted by Crippen LogP contribution is -2.02. The fraction of sp³-hybridized carbons (Fsp3) is 0.188. The van der Waals surface area contributed by atoms with Crippen LogP contribution in [-0.2, 0) is 0 Å². The molecular formula is C16H15N3O2. The molecule has 0 amide bonds. The van der Waals surface area contributed by atoms with Crippen LogP contribution < -0.4 is 5.56 Å². The van der Waals surface area contributed by atoms with Crippen molar-refractivity contribution in [2.45, 2.75) is 19.3 Å². The number of H-pyrrole nitrogens is 1. The minimum absolute atomic E-state index is 0.0789. The van der Waals surface area contributed by atoms with Gasteiger partial charge in [-0.25, -0.2) is 0 Å². The molecule has 0 aliphatic heterocycles. The second kappa shape index (κ2) is 5.75. The van der Waals surface area contributed by atoms with E-state index in [0.717, 1.165) is 17.5 Å². The van der Waals surface area contributed by atoms with Crippen LogP contribution in [0.3, 0.4) is 0 Å². The van der Waals surface area contributed by atoms with Crippen molar-refractivity contribution in [2.24, 2.45) is 0 Å². The average Bonchev–Trinajstić information content (AvgIpc) is 2.99. The summed E-state index contributed by atoms with van der Waals surface area (Å²) in [6.07, 6.45) is 2.46.